The van der Waals surface area contributed by atoms with E-state index in [9.17, 15) is 9.90 Å². The lowest BCUT2D eigenvalue weighted by Crippen LogP contribution is -2.24. The van der Waals surface area contributed by atoms with Crippen molar-refractivity contribution < 1.29 is 14.6 Å². The fourth-order valence-electron chi connectivity index (χ4n) is 2.66. The van der Waals surface area contributed by atoms with E-state index in [0.717, 1.165) is 30.6 Å². The molecule has 1 saturated heterocycles. The smallest absolute Gasteiger partial charge is 0.217 e. The van der Waals surface area contributed by atoms with Crippen molar-refractivity contribution in [3.63, 3.8) is 0 Å². The predicted molar refractivity (Wildman–Crippen MR) is 81.1 cm³/mol. The molecule has 3 atom stereocenters. The van der Waals surface area contributed by atoms with E-state index in [2.05, 4.69) is 10.6 Å². The molecule has 3 N–H and O–H groups in total. The molecule has 2 rings (SSSR count). The summed E-state index contributed by atoms with van der Waals surface area (Å²) in [5.74, 6) is 0.158. The summed E-state index contributed by atoms with van der Waals surface area (Å²) in [6, 6.07) is 5.30. The van der Waals surface area contributed by atoms with Gasteiger partial charge in [-0.3, -0.25) is 4.79 Å². The summed E-state index contributed by atoms with van der Waals surface area (Å²) < 4.78 is 5.98. The number of hydrogen-bond donors (Lipinski definition) is 3. The largest absolute Gasteiger partial charge is 0.508 e. The lowest BCUT2D eigenvalue weighted by Gasteiger charge is -2.21. The van der Waals surface area contributed by atoms with Gasteiger partial charge >= 0.3 is 0 Å². The highest BCUT2D eigenvalue weighted by atomic mass is 16.5. The van der Waals surface area contributed by atoms with Gasteiger partial charge in [0.1, 0.15) is 5.75 Å². The molecular weight excluding hydrogens is 268 g/mol. The Balaban J connectivity index is 2.11. The highest BCUT2D eigenvalue weighted by Crippen LogP contribution is 2.31. The second-order valence-corrected chi connectivity index (χ2v) is 5.63. The number of benzene rings is 1. The van der Waals surface area contributed by atoms with E-state index in [1.54, 1.807) is 6.07 Å². The molecule has 0 radical (unpaired) electrons. The van der Waals surface area contributed by atoms with Crippen molar-refractivity contribution in [3.05, 3.63) is 29.3 Å². The average molecular weight is 292 g/mol. The van der Waals surface area contributed by atoms with Crippen LogP contribution in [0.3, 0.4) is 0 Å². The van der Waals surface area contributed by atoms with E-state index >= 15 is 0 Å². The van der Waals surface area contributed by atoms with Crippen molar-refractivity contribution >= 4 is 5.91 Å². The van der Waals surface area contributed by atoms with Gasteiger partial charge in [-0.2, -0.15) is 0 Å². The number of carbonyl (C=O) groups is 1. The molecule has 0 spiro atoms. The summed E-state index contributed by atoms with van der Waals surface area (Å²) in [7, 11) is 0. The van der Waals surface area contributed by atoms with Crippen LogP contribution in [0.2, 0.25) is 0 Å². The topological polar surface area (TPSA) is 70.6 Å². The van der Waals surface area contributed by atoms with Gasteiger partial charge in [0.15, 0.2) is 0 Å². The van der Waals surface area contributed by atoms with Crippen molar-refractivity contribution in [1.29, 1.82) is 0 Å². The van der Waals surface area contributed by atoms with Crippen molar-refractivity contribution in [3.8, 4) is 5.75 Å². The number of aromatic hydroxyl groups is 1. The molecule has 21 heavy (non-hydrogen) atoms. The summed E-state index contributed by atoms with van der Waals surface area (Å²) in [4.78, 5) is 11.2. The number of phenols is 1. The van der Waals surface area contributed by atoms with Gasteiger partial charge in [0.25, 0.3) is 0 Å². The van der Waals surface area contributed by atoms with Crippen molar-refractivity contribution in [2.24, 2.45) is 0 Å². The van der Waals surface area contributed by atoms with E-state index < -0.39 is 0 Å². The second kappa shape index (κ2) is 6.91. The Morgan fingerprint density at radius 3 is 2.86 bits per heavy atom. The quantitative estimate of drug-likeness (QED) is 0.776. The summed E-state index contributed by atoms with van der Waals surface area (Å²) in [5, 5.41) is 16.2. The van der Waals surface area contributed by atoms with Gasteiger partial charge in [-0.15, -0.1) is 0 Å². The van der Waals surface area contributed by atoms with Crippen LogP contribution in [0, 0.1) is 0 Å². The minimum atomic E-state index is -0.181. The monoisotopic (exact) mass is 292 g/mol. The van der Waals surface area contributed by atoms with Gasteiger partial charge < -0.3 is 20.5 Å². The van der Waals surface area contributed by atoms with Gasteiger partial charge in [-0.1, -0.05) is 6.07 Å². The maximum Gasteiger partial charge on any atom is 0.217 e. The van der Waals surface area contributed by atoms with Gasteiger partial charge in [0, 0.05) is 19.0 Å². The Hall–Kier alpha value is -1.59. The lowest BCUT2D eigenvalue weighted by molar-refractivity contribution is -0.119. The van der Waals surface area contributed by atoms with E-state index in [1.807, 2.05) is 26.0 Å². The molecule has 3 unspecified atom stereocenters. The molecule has 0 aromatic heterocycles. The molecule has 5 heteroatoms. The molecule has 1 aliphatic heterocycles. The first kappa shape index (κ1) is 15.8. The third-order valence-corrected chi connectivity index (χ3v) is 3.82. The number of amides is 1. The first-order valence-corrected chi connectivity index (χ1v) is 7.43. The summed E-state index contributed by atoms with van der Waals surface area (Å²) >= 11 is 0. The molecule has 116 valence electrons. The molecule has 1 aromatic rings. The number of nitrogens with one attached hydrogen (secondary N) is 2. The van der Waals surface area contributed by atoms with Crippen LogP contribution < -0.4 is 10.6 Å². The molecule has 1 fully saturated rings. The zero-order chi connectivity index (χ0) is 15.4. The first-order valence-electron chi connectivity index (χ1n) is 7.43. The highest BCUT2D eigenvalue weighted by molar-refractivity contribution is 5.73. The van der Waals surface area contributed by atoms with Crippen molar-refractivity contribution in [1.82, 2.24) is 10.6 Å². The second-order valence-electron chi connectivity index (χ2n) is 5.63. The summed E-state index contributed by atoms with van der Waals surface area (Å²) in [5.41, 5.74) is 1.72. The Kier molecular flexibility index (Phi) is 5.20. The lowest BCUT2D eigenvalue weighted by atomic mass is 10.0. The molecule has 0 aliphatic carbocycles. The van der Waals surface area contributed by atoms with Crippen LogP contribution in [0.15, 0.2) is 18.2 Å². The van der Waals surface area contributed by atoms with Gasteiger partial charge in [0.2, 0.25) is 5.91 Å². The Bertz CT molecular complexity index is 498. The van der Waals surface area contributed by atoms with Gasteiger partial charge in [0.05, 0.1) is 18.2 Å². The summed E-state index contributed by atoms with van der Waals surface area (Å²) in [6.07, 6.45) is 1.00. The molecule has 5 nitrogen and oxygen atoms in total. The fraction of sp³-hybridized carbons (Fsp3) is 0.562. The van der Waals surface area contributed by atoms with E-state index in [4.69, 9.17) is 4.74 Å². The molecule has 1 aliphatic rings. The van der Waals surface area contributed by atoms with Crippen LogP contribution >= 0.6 is 0 Å². The maximum atomic E-state index is 11.2. The Labute approximate surface area is 125 Å². The molecule has 1 aromatic carbocycles. The van der Waals surface area contributed by atoms with Crippen LogP contribution in [0.25, 0.3) is 0 Å². The minimum Gasteiger partial charge on any atom is -0.508 e. The van der Waals surface area contributed by atoms with Crippen LogP contribution in [0.1, 0.15) is 50.5 Å². The Morgan fingerprint density at radius 2 is 2.24 bits per heavy atom. The molecule has 1 heterocycles. The van der Waals surface area contributed by atoms with Gasteiger partial charge in [-0.25, -0.2) is 0 Å². The number of hydrogen-bond acceptors (Lipinski definition) is 4. The number of rotatable bonds is 5. The standard InChI is InChI=1S/C16H24N2O3/c1-10(18-12(3)19)13-4-5-16(20)15(8-13)11(2)21-14-6-7-17-9-14/h4-5,8,10-11,14,17,20H,6-7,9H2,1-3H3,(H,18,19). The van der Waals surface area contributed by atoms with E-state index in [-0.39, 0.29) is 29.9 Å². The van der Waals surface area contributed by atoms with Crippen LogP contribution in [-0.2, 0) is 9.53 Å². The van der Waals surface area contributed by atoms with Gasteiger partial charge in [-0.05, 0) is 44.5 Å². The minimum absolute atomic E-state index is 0.0709. The van der Waals surface area contributed by atoms with Crippen LogP contribution in [0.5, 0.6) is 5.75 Å². The molecule has 0 bridgehead atoms. The molecular formula is C16H24N2O3. The number of carbonyl (C=O) groups excluding carboxylic acids is 1. The normalized spacial score (nSPS) is 21.0. The van der Waals surface area contributed by atoms with Crippen molar-refractivity contribution in [2.75, 3.05) is 13.1 Å². The molecule has 1 amide bonds. The average Bonchev–Trinajstić information content (AvgIpc) is 2.91. The van der Waals surface area contributed by atoms with E-state index in [1.165, 1.54) is 6.92 Å². The Morgan fingerprint density at radius 1 is 1.48 bits per heavy atom. The zero-order valence-electron chi connectivity index (χ0n) is 12.8. The van der Waals surface area contributed by atoms with Crippen LogP contribution in [-0.4, -0.2) is 30.2 Å². The fourth-order valence-corrected chi connectivity index (χ4v) is 2.66. The third kappa shape index (κ3) is 4.19. The number of phenolic OH excluding ortho intramolecular Hbond substituents is 1. The SMILES string of the molecule is CC(=O)NC(C)c1ccc(O)c(C(C)OC2CCNC2)c1. The zero-order valence-corrected chi connectivity index (χ0v) is 12.8. The van der Waals surface area contributed by atoms with E-state index in [0.29, 0.717) is 0 Å². The van der Waals surface area contributed by atoms with Crippen LogP contribution in [0.4, 0.5) is 0 Å². The maximum absolute atomic E-state index is 11.2. The van der Waals surface area contributed by atoms with Crippen molar-refractivity contribution in [2.45, 2.75) is 45.4 Å². The first-order chi connectivity index (χ1) is 9.97. The molecule has 0 saturated carbocycles. The highest BCUT2D eigenvalue weighted by Gasteiger charge is 2.21. The summed E-state index contributed by atoms with van der Waals surface area (Å²) in [6.45, 7) is 7.19. The predicted octanol–water partition coefficient (Wildman–Crippen LogP) is 2.03. The number of ether oxygens (including phenoxy) is 1. The third-order valence-electron chi connectivity index (χ3n) is 3.82.